The average Bonchev–Trinajstić information content (AvgIpc) is 2.63. The summed E-state index contributed by atoms with van der Waals surface area (Å²) in [5, 5.41) is 14.7. The molecule has 0 aromatic heterocycles. The molecule has 0 saturated carbocycles. The Bertz CT molecular complexity index is 697. The molecule has 1 atom stereocenters. The van der Waals surface area contributed by atoms with Gasteiger partial charge in [0, 0.05) is 30.9 Å². The van der Waals surface area contributed by atoms with Gasteiger partial charge in [-0.2, -0.15) is 0 Å². The third-order valence-corrected chi connectivity index (χ3v) is 4.57. The van der Waals surface area contributed by atoms with Crippen molar-refractivity contribution in [2.75, 3.05) is 23.3 Å². The van der Waals surface area contributed by atoms with Crippen molar-refractivity contribution in [1.29, 1.82) is 0 Å². The van der Waals surface area contributed by atoms with E-state index in [1.807, 2.05) is 49.4 Å². The summed E-state index contributed by atoms with van der Waals surface area (Å²) >= 11 is 0. The van der Waals surface area contributed by atoms with Gasteiger partial charge in [-0.15, -0.1) is 0 Å². The lowest BCUT2D eigenvalue weighted by Gasteiger charge is -2.29. The molecule has 1 aliphatic rings. The van der Waals surface area contributed by atoms with Crippen LogP contribution in [-0.2, 0) is 0 Å². The molecule has 1 heterocycles. The van der Waals surface area contributed by atoms with Crippen LogP contribution in [0, 0.1) is 10.1 Å². The molecule has 1 aliphatic heterocycles. The lowest BCUT2D eigenvalue weighted by Crippen LogP contribution is -2.29. The Morgan fingerprint density at radius 1 is 1.08 bits per heavy atom. The number of nitro benzene ring substituents is 1. The first kappa shape index (κ1) is 16.3. The van der Waals surface area contributed by atoms with Gasteiger partial charge in [-0.25, -0.2) is 0 Å². The summed E-state index contributed by atoms with van der Waals surface area (Å²) in [6.45, 7) is 4.06. The predicted molar refractivity (Wildman–Crippen MR) is 97.6 cm³/mol. The van der Waals surface area contributed by atoms with Crippen LogP contribution in [0.4, 0.5) is 17.1 Å². The maximum atomic E-state index is 11.4. The van der Waals surface area contributed by atoms with E-state index in [4.69, 9.17) is 0 Å². The Labute approximate surface area is 142 Å². The molecule has 0 bridgehead atoms. The van der Waals surface area contributed by atoms with Crippen LogP contribution >= 0.6 is 0 Å². The SMILES string of the molecule is CC(Nc1cc(N2CCCCC2)ccc1[N+](=O)[O-])c1ccccc1. The van der Waals surface area contributed by atoms with Gasteiger partial charge < -0.3 is 10.2 Å². The summed E-state index contributed by atoms with van der Waals surface area (Å²) in [6.07, 6.45) is 3.62. The number of hydrogen-bond donors (Lipinski definition) is 1. The molecular formula is C19H23N3O2. The second-order valence-corrected chi connectivity index (χ2v) is 6.28. The van der Waals surface area contributed by atoms with Crippen LogP contribution < -0.4 is 10.2 Å². The molecule has 5 nitrogen and oxygen atoms in total. The van der Waals surface area contributed by atoms with Crippen LogP contribution in [0.3, 0.4) is 0 Å². The highest BCUT2D eigenvalue weighted by atomic mass is 16.6. The van der Waals surface area contributed by atoms with Crippen molar-refractivity contribution in [1.82, 2.24) is 0 Å². The first-order valence-corrected chi connectivity index (χ1v) is 8.50. The normalized spacial score (nSPS) is 15.8. The summed E-state index contributed by atoms with van der Waals surface area (Å²) in [6, 6.07) is 15.4. The van der Waals surface area contributed by atoms with Crippen LogP contribution in [0.25, 0.3) is 0 Å². The third-order valence-electron chi connectivity index (χ3n) is 4.57. The van der Waals surface area contributed by atoms with E-state index in [9.17, 15) is 10.1 Å². The topological polar surface area (TPSA) is 58.4 Å². The maximum absolute atomic E-state index is 11.4. The van der Waals surface area contributed by atoms with Crippen molar-refractivity contribution in [3.05, 3.63) is 64.2 Å². The first-order valence-electron chi connectivity index (χ1n) is 8.50. The summed E-state index contributed by atoms with van der Waals surface area (Å²) in [7, 11) is 0. The molecular weight excluding hydrogens is 302 g/mol. The Morgan fingerprint density at radius 2 is 1.79 bits per heavy atom. The molecule has 5 heteroatoms. The molecule has 24 heavy (non-hydrogen) atoms. The number of anilines is 2. The van der Waals surface area contributed by atoms with E-state index in [-0.39, 0.29) is 16.7 Å². The highest BCUT2D eigenvalue weighted by Gasteiger charge is 2.19. The Hall–Kier alpha value is -2.56. The van der Waals surface area contributed by atoms with Crippen molar-refractivity contribution >= 4 is 17.1 Å². The van der Waals surface area contributed by atoms with Crippen molar-refractivity contribution in [2.45, 2.75) is 32.2 Å². The van der Waals surface area contributed by atoms with Gasteiger partial charge in [-0.05, 0) is 43.9 Å². The number of nitro groups is 1. The van der Waals surface area contributed by atoms with Crippen LogP contribution in [0.15, 0.2) is 48.5 Å². The van der Waals surface area contributed by atoms with E-state index in [1.54, 1.807) is 6.07 Å². The minimum Gasteiger partial charge on any atom is -0.373 e. The van der Waals surface area contributed by atoms with Gasteiger partial charge in [0.1, 0.15) is 5.69 Å². The van der Waals surface area contributed by atoms with Crippen molar-refractivity contribution in [3.63, 3.8) is 0 Å². The van der Waals surface area contributed by atoms with Gasteiger partial charge >= 0.3 is 0 Å². The highest BCUT2D eigenvalue weighted by molar-refractivity contribution is 5.69. The lowest BCUT2D eigenvalue weighted by atomic mass is 10.1. The summed E-state index contributed by atoms with van der Waals surface area (Å²) in [4.78, 5) is 13.4. The van der Waals surface area contributed by atoms with Gasteiger partial charge in [-0.1, -0.05) is 30.3 Å². The zero-order chi connectivity index (χ0) is 16.9. The van der Waals surface area contributed by atoms with Crippen LogP contribution in [0.1, 0.15) is 37.8 Å². The van der Waals surface area contributed by atoms with Crippen molar-refractivity contribution in [3.8, 4) is 0 Å². The minimum absolute atomic E-state index is 0.00139. The van der Waals surface area contributed by atoms with E-state index in [0.29, 0.717) is 5.69 Å². The van der Waals surface area contributed by atoms with E-state index in [0.717, 1.165) is 24.3 Å². The lowest BCUT2D eigenvalue weighted by molar-refractivity contribution is -0.384. The quantitative estimate of drug-likeness (QED) is 0.636. The van der Waals surface area contributed by atoms with Gasteiger partial charge in [0.05, 0.1) is 4.92 Å². The van der Waals surface area contributed by atoms with E-state index >= 15 is 0 Å². The molecule has 0 aliphatic carbocycles. The van der Waals surface area contributed by atoms with Gasteiger partial charge in [0.2, 0.25) is 0 Å². The summed E-state index contributed by atoms with van der Waals surface area (Å²) in [5.41, 5.74) is 2.87. The number of piperidine rings is 1. The number of nitrogens with one attached hydrogen (secondary N) is 1. The molecule has 0 spiro atoms. The van der Waals surface area contributed by atoms with E-state index in [2.05, 4.69) is 10.2 Å². The monoisotopic (exact) mass is 325 g/mol. The molecule has 126 valence electrons. The molecule has 1 unspecified atom stereocenters. The van der Waals surface area contributed by atoms with Crippen LogP contribution in [0.5, 0.6) is 0 Å². The van der Waals surface area contributed by atoms with Crippen molar-refractivity contribution in [2.24, 2.45) is 0 Å². The molecule has 0 radical (unpaired) electrons. The second kappa shape index (κ2) is 7.34. The Balaban J connectivity index is 1.87. The largest absolute Gasteiger partial charge is 0.373 e. The smallest absolute Gasteiger partial charge is 0.292 e. The molecule has 2 aromatic carbocycles. The fraction of sp³-hybridized carbons (Fsp3) is 0.368. The molecule has 2 aromatic rings. The Kier molecular flexibility index (Phi) is 4.99. The number of rotatable bonds is 5. The fourth-order valence-electron chi connectivity index (χ4n) is 3.21. The Morgan fingerprint density at radius 3 is 2.46 bits per heavy atom. The molecule has 0 amide bonds. The van der Waals surface area contributed by atoms with Crippen LogP contribution in [-0.4, -0.2) is 18.0 Å². The zero-order valence-corrected chi connectivity index (χ0v) is 13.9. The number of hydrogen-bond acceptors (Lipinski definition) is 4. The van der Waals surface area contributed by atoms with Crippen LogP contribution in [0.2, 0.25) is 0 Å². The maximum Gasteiger partial charge on any atom is 0.292 e. The second-order valence-electron chi connectivity index (χ2n) is 6.28. The first-order chi connectivity index (χ1) is 11.6. The number of nitrogens with zero attached hydrogens (tertiary/aromatic N) is 2. The summed E-state index contributed by atoms with van der Waals surface area (Å²) in [5.74, 6) is 0. The number of benzene rings is 2. The fourth-order valence-corrected chi connectivity index (χ4v) is 3.21. The summed E-state index contributed by atoms with van der Waals surface area (Å²) < 4.78 is 0. The van der Waals surface area contributed by atoms with Gasteiger partial charge in [-0.3, -0.25) is 10.1 Å². The highest BCUT2D eigenvalue weighted by Crippen LogP contribution is 2.33. The molecule has 1 N–H and O–H groups in total. The molecule has 1 fully saturated rings. The predicted octanol–water partition coefficient (Wildman–Crippen LogP) is 4.76. The van der Waals surface area contributed by atoms with Gasteiger partial charge in [0.15, 0.2) is 0 Å². The molecule has 1 saturated heterocycles. The average molecular weight is 325 g/mol. The zero-order valence-electron chi connectivity index (χ0n) is 13.9. The standard InChI is InChI=1S/C19H23N3O2/c1-15(16-8-4-2-5-9-16)20-18-14-17(10-11-19(18)22(23)24)21-12-6-3-7-13-21/h2,4-5,8-11,14-15,20H,3,6-7,12-13H2,1H3. The van der Waals surface area contributed by atoms with Crippen molar-refractivity contribution < 1.29 is 4.92 Å². The minimum atomic E-state index is -0.319. The third kappa shape index (κ3) is 3.67. The van der Waals surface area contributed by atoms with E-state index < -0.39 is 0 Å². The van der Waals surface area contributed by atoms with E-state index in [1.165, 1.54) is 19.3 Å². The molecule has 3 rings (SSSR count). The van der Waals surface area contributed by atoms with Gasteiger partial charge in [0.25, 0.3) is 5.69 Å².